The van der Waals surface area contributed by atoms with Gasteiger partial charge >= 0.3 is 0 Å². The van der Waals surface area contributed by atoms with E-state index in [2.05, 4.69) is 36.3 Å². The third-order valence-electron chi connectivity index (χ3n) is 4.29. The van der Waals surface area contributed by atoms with Crippen LogP contribution in [0.15, 0.2) is 35.7 Å². The number of benzene rings is 1. The zero-order valence-electron chi connectivity index (χ0n) is 13.5. The van der Waals surface area contributed by atoms with Gasteiger partial charge in [-0.15, -0.1) is 23.7 Å². The summed E-state index contributed by atoms with van der Waals surface area (Å²) in [6.07, 6.45) is 1.94. The van der Waals surface area contributed by atoms with Gasteiger partial charge in [-0.2, -0.15) is 0 Å². The molecule has 0 saturated heterocycles. The number of nitrogens with one attached hydrogen (secondary N) is 1. The van der Waals surface area contributed by atoms with Crippen LogP contribution in [0.4, 0.5) is 0 Å². The number of nitrogens with two attached hydrogens (primary N) is 1. The van der Waals surface area contributed by atoms with Gasteiger partial charge in [0.2, 0.25) is 0 Å². The molecule has 0 aliphatic heterocycles. The molecule has 3 N–H and O–H groups in total. The van der Waals surface area contributed by atoms with Crippen molar-refractivity contribution in [3.63, 3.8) is 0 Å². The van der Waals surface area contributed by atoms with E-state index in [0.29, 0.717) is 18.8 Å². The summed E-state index contributed by atoms with van der Waals surface area (Å²) in [6, 6.07) is 10.4. The maximum Gasteiger partial charge on any atom is 0.270 e. The second kappa shape index (κ2) is 9.01. The number of thiazole rings is 1. The lowest BCUT2D eigenvalue weighted by Gasteiger charge is -2.32. The Morgan fingerprint density at radius 3 is 2.43 bits per heavy atom. The second-order valence-electron chi connectivity index (χ2n) is 5.37. The van der Waals surface area contributed by atoms with Crippen molar-refractivity contribution >= 4 is 29.7 Å². The molecule has 1 aromatic carbocycles. The summed E-state index contributed by atoms with van der Waals surface area (Å²) in [5, 5.41) is 5.59. The van der Waals surface area contributed by atoms with Crippen LogP contribution < -0.4 is 11.1 Å². The van der Waals surface area contributed by atoms with Crippen LogP contribution >= 0.6 is 23.7 Å². The van der Waals surface area contributed by atoms with Gasteiger partial charge in [0.1, 0.15) is 10.7 Å². The molecule has 0 atom stereocenters. The normalized spacial score (nSPS) is 10.9. The fourth-order valence-corrected chi connectivity index (χ4v) is 3.31. The van der Waals surface area contributed by atoms with Gasteiger partial charge in [0.05, 0.1) is 0 Å². The highest BCUT2D eigenvalue weighted by Crippen LogP contribution is 2.30. The van der Waals surface area contributed by atoms with Crippen molar-refractivity contribution in [3.8, 4) is 0 Å². The first-order valence-corrected chi connectivity index (χ1v) is 8.51. The van der Waals surface area contributed by atoms with E-state index in [9.17, 15) is 4.79 Å². The molecule has 2 rings (SSSR count). The molecule has 0 unspecified atom stereocenters. The molecule has 0 aliphatic carbocycles. The zero-order valence-corrected chi connectivity index (χ0v) is 15.2. The second-order valence-corrected chi connectivity index (χ2v) is 6.31. The molecule has 0 aliphatic rings. The fraction of sp³-hybridized carbons (Fsp3) is 0.412. The highest BCUT2D eigenvalue weighted by atomic mass is 35.5. The Bertz CT molecular complexity index is 611. The summed E-state index contributed by atoms with van der Waals surface area (Å²) in [5.74, 6) is -0.127. The van der Waals surface area contributed by atoms with Crippen molar-refractivity contribution in [1.82, 2.24) is 10.3 Å². The first-order valence-electron chi connectivity index (χ1n) is 7.63. The number of amides is 1. The molecule has 23 heavy (non-hydrogen) atoms. The number of halogens is 1. The van der Waals surface area contributed by atoms with E-state index in [1.54, 1.807) is 5.38 Å². The van der Waals surface area contributed by atoms with Crippen molar-refractivity contribution in [2.45, 2.75) is 38.6 Å². The average molecular weight is 354 g/mol. The molecular weight excluding hydrogens is 330 g/mol. The van der Waals surface area contributed by atoms with Crippen LogP contribution in [0.3, 0.4) is 0 Å². The minimum Gasteiger partial charge on any atom is -0.350 e. The molecular formula is C17H24ClN3OS. The summed E-state index contributed by atoms with van der Waals surface area (Å²) in [6.45, 7) is 5.31. The van der Waals surface area contributed by atoms with E-state index in [1.165, 1.54) is 16.9 Å². The van der Waals surface area contributed by atoms with Gasteiger partial charge in [0.25, 0.3) is 5.91 Å². The van der Waals surface area contributed by atoms with Crippen molar-refractivity contribution in [2.24, 2.45) is 5.73 Å². The van der Waals surface area contributed by atoms with Crippen LogP contribution in [0.25, 0.3) is 0 Å². The van der Waals surface area contributed by atoms with Gasteiger partial charge in [-0.05, 0) is 18.4 Å². The minimum absolute atomic E-state index is 0. The van der Waals surface area contributed by atoms with Crippen molar-refractivity contribution in [3.05, 3.63) is 52.0 Å². The van der Waals surface area contributed by atoms with Gasteiger partial charge in [-0.3, -0.25) is 4.79 Å². The van der Waals surface area contributed by atoms with E-state index in [0.717, 1.165) is 17.8 Å². The average Bonchev–Trinajstić information content (AvgIpc) is 3.06. The highest BCUT2D eigenvalue weighted by Gasteiger charge is 2.29. The number of aromatic nitrogens is 1. The van der Waals surface area contributed by atoms with Crippen LogP contribution in [0.2, 0.25) is 0 Å². The molecule has 0 saturated carbocycles. The Balaban J connectivity index is 0.00000264. The van der Waals surface area contributed by atoms with Crippen molar-refractivity contribution < 1.29 is 4.79 Å². The first-order chi connectivity index (χ1) is 10.6. The zero-order chi connectivity index (χ0) is 16.0. The van der Waals surface area contributed by atoms with Crippen molar-refractivity contribution in [2.75, 3.05) is 6.54 Å². The number of hydrogen-bond donors (Lipinski definition) is 2. The van der Waals surface area contributed by atoms with E-state index in [-0.39, 0.29) is 23.7 Å². The lowest BCUT2D eigenvalue weighted by molar-refractivity contribution is 0.0937. The first kappa shape index (κ1) is 19.6. The molecule has 0 radical (unpaired) electrons. The molecule has 1 heterocycles. The van der Waals surface area contributed by atoms with Gasteiger partial charge < -0.3 is 11.1 Å². The molecule has 6 heteroatoms. The maximum absolute atomic E-state index is 12.3. The molecule has 0 bridgehead atoms. The van der Waals surface area contributed by atoms with Crippen LogP contribution in [-0.4, -0.2) is 17.4 Å². The smallest absolute Gasteiger partial charge is 0.270 e. The lowest BCUT2D eigenvalue weighted by atomic mass is 9.76. The topological polar surface area (TPSA) is 68.0 Å². The Labute approximate surface area is 147 Å². The predicted molar refractivity (Wildman–Crippen MR) is 98.3 cm³/mol. The van der Waals surface area contributed by atoms with Gasteiger partial charge in [-0.1, -0.05) is 44.2 Å². The van der Waals surface area contributed by atoms with Crippen LogP contribution in [0.5, 0.6) is 0 Å². The molecule has 0 spiro atoms. The SMILES string of the molecule is CCC(CC)(CNC(=O)c1csc(CN)n1)c1ccccc1.Cl. The largest absolute Gasteiger partial charge is 0.350 e. The fourth-order valence-electron chi connectivity index (χ4n) is 2.65. The maximum atomic E-state index is 12.3. The van der Waals surface area contributed by atoms with Crippen LogP contribution in [0.1, 0.15) is 47.7 Å². The number of rotatable bonds is 7. The quantitative estimate of drug-likeness (QED) is 0.800. The predicted octanol–water partition coefficient (Wildman–Crippen LogP) is 3.51. The number of carbonyl (C=O) groups excluding carboxylic acids is 1. The van der Waals surface area contributed by atoms with Crippen LogP contribution in [0, 0.1) is 0 Å². The summed E-state index contributed by atoms with van der Waals surface area (Å²) in [5.41, 5.74) is 7.23. The molecule has 2 aromatic rings. The number of nitrogens with zero attached hydrogens (tertiary/aromatic N) is 1. The van der Waals surface area contributed by atoms with Gasteiger partial charge in [0.15, 0.2) is 0 Å². The van der Waals surface area contributed by atoms with E-state index >= 15 is 0 Å². The number of carbonyl (C=O) groups is 1. The Morgan fingerprint density at radius 1 is 1.26 bits per heavy atom. The minimum atomic E-state index is -0.127. The molecule has 1 amide bonds. The Hall–Kier alpha value is -1.43. The molecule has 4 nitrogen and oxygen atoms in total. The highest BCUT2D eigenvalue weighted by molar-refractivity contribution is 7.09. The third-order valence-corrected chi connectivity index (χ3v) is 5.16. The number of hydrogen-bond acceptors (Lipinski definition) is 4. The van der Waals surface area contributed by atoms with Crippen molar-refractivity contribution in [1.29, 1.82) is 0 Å². The lowest BCUT2D eigenvalue weighted by Crippen LogP contribution is -2.40. The monoisotopic (exact) mass is 353 g/mol. The molecule has 126 valence electrons. The standard InChI is InChI=1S/C17H23N3OS.ClH/c1-3-17(4-2,13-8-6-5-7-9-13)12-19-16(21)14-11-22-15(10-18)20-14;/h5-9,11H,3-4,10,12,18H2,1-2H3,(H,19,21);1H. The summed E-state index contributed by atoms with van der Waals surface area (Å²) < 4.78 is 0. The van der Waals surface area contributed by atoms with E-state index in [4.69, 9.17) is 5.73 Å². The summed E-state index contributed by atoms with van der Waals surface area (Å²) in [7, 11) is 0. The summed E-state index contributed by atoms with van der Waals surface area (Å²) in [4.78, 5) is 16.5. The molecule has 0 fully saturated rings. The van der Waals surface area contributed by atoms with Gasteiger partial charge in [0, 0.05) is 23.9 Å². The van der Waals surface area contributed by atoms with Gasteiger partial charge in [-0.25, -0.2) is 4.98 Å². The Morgan fingerprint density at radius 2 is 1.91 bits per heavy atom. The molecule has 1 aromatic heterocycles. The van der Waals surface area contributed by atoms with E-state index < -0.39 is 0 Å². The van der Waals surface area contributed by atoms with Crippen LogP contribution in [-0.2, 0) is 12.0 Å². The Kier molecular flexibility index (Phi) is 7.68. The third kappa shape index (κ3) is 4.53. The van der Waals surface area contributed by atoms with E-state index in [1.807, 2.05) is 18.2 Å². The summed E-state index contributed by atoms with van der Waals surface area (Å²) >= 11 is 1.42.